The number of likely N-dealkylation sites (tertiary alicyclic amines) is 1. The van der Waals surface area contributed by atoms with Gasteiger partial charge >= 0.3 is 0 Å². The van der Waals surface area contributed by atoms with Crippen molar-refractivity contribution in [1.29, 1.82) is 0 Å². The minimum atomic E-state index is -0.0277. The highest BCUT2D eigenvalue weighted by Gasteiger charge is 2.27. The van der Waals surface area contributed by atoms with Crippen LogP contribution in [0.15, 0.2) is 24.3 Å². The molecule has 4 heteroatoms. The molecular weight excluding hydrogens is 230 g/mol. The largest absolute Gasteiger partial charge is 0.497 e. The van der Waals surface area contributed by atoms with E-state index in [0.29, 0.717) is 24.4 Å². The van der Waals surface area contributed by atoms with Crippen LogP contribution in [0, 0.1) is 5.92 Å². The van der Waals surface area contributed by atoms with Gasteiger partial charge < -0.3 is 9.64 Å². The van der Waals surface area contributed by atoms with E-state index in [1.807, 2.05) is 6.92 Å². The predicted octanol–water partition coefficient (Wildman–Crippen LogP) is 1.75. The highest BCUT2D eigenvalue weighted by Crippen LogP contribution is 2.18. The summed E-state index contributed by atoms with van der Waals surface area (Å²) in [7, 11) is 1.58. The summed E-state index contributed by atoms with van der Waals surface area (Å²) in [6.07, 6.45) is 0.551. The Hall–Kier alpha value is -1.84. The molecule has 1 fully saturated rings. The SMILES string of the molecule is COc1ccc(C(=O)CN2CC(C)CC2=O)cc1. The molecule has 0 aliphatic carbocycles. The molecule has 1 amide bonds. The zero-order chi connectivity index (χ0) is 13.1. The fourth-order valence-electron chi connectivity index (χ4n) is 2.16. The number of ether oxygens (including phenoxy) is 1. The number of Topliss-reactive ketones (excluding diaryl/α,β-unsaturated/α-hetero) is 1. The van der Waals surface area contributed by atoms with Crippen molar-refractivity contribution in [1.82, 2.24) is 4.90 Å². The summed E-state index contributed by atoms with van der Waals surface area (Å²) in [6, 6.07) is 6.96. The van der Waals surface area contributed by atoms with Crippen LogP contribution in [0.25, 0.3) is 0 Å². The Morgan fingerprint density at radius 1 is 1.39 bits per heavy atom. The fourth-order valence-corrected chi connectivity index (χ4v) is 2.16. The predicted molar refractivity (Wildman–Crippen MR) is 67.7 cm³/mol. The first kappa shape index (κ1) is 12.6. The number of hydrogen-bond donors (Lipinski definition) is 0. The van der Waals surface area contributed by atoms with Crippen molar-refractivity contribution >= 4 is 11.7 Å². The first-order valence-corrected chi connectivity index (χ1v) is 6.05. The normalized spacial score (nSPS) is 19.1. The van der Waals surface area contributed by atoms with E-state index in [4.69, 9.17) is 4.74 Å². The summed E-state index contributed by atoms with van der Waals surface area (Å²) in [5.41, 5.74) is 0.614. The molecule has 0 radical (unpaired) electrons. The molecule has 0 spiro atoms. The lowest BCUT2D eigenvalue weighted by atomic mass is 10.1. The average Bonchev–Trinajstić information content (AvgIpc) is 2.68. The molecule has 18 heavy (non-hydrogen) atoms. The number of carbonyl (C=O) groups is 2. The minimum absolute atomic E-state index is 0.0277. The molecule has 0 aromatic heterocycles. The van der Waals surface area contributed by atoms with Gasteiger partial charge in [0.1, 0.15) is 5.75 Å². The molecule has 1 aliphatic rings. The maximum atomic E-state index is 12.0. The van der Waals surface area contributed by atoms with Crippen LogP contribution in [-0.4, -0.2) is 36.8 Å². The third-order valence-corrected chi connectivity index (χ3v) is 3.15. The number of rotatable bonds is 4. The van der Waals surface area contributed by atoms with Crippen molar-refractivity contribution in [2.24, 2.45) is 5.92 Å². The second-order valence-corrected chi connectivity index (χ2v) is 4.74. The number of benzene rings is 1. The molecule has 1 saturated heterocycles. The van der Waals surface area contributed by atoms with Crippen molar-refractivity contribution in [3.63, 3.8) is 0 Å². The Balaban J connectivity index is 2.01. The third kappa shape index (κ3) is 2.70. The number of ketones is 1. The van der Waals surface area contributed by atoms with Gasteiger partial charge in [-0.15, -0.1) is 0 Å². The smallest absolute Gasteiger partial charge is 0.223 e. The van der Waals surface area contributed by atoms with E-state index in [0.717, 1.165) is 5.75 Å². The Kier molecular flexibility index (Phi) is 3.65. The highest BCUT2D eigenvalue weighted by atomic mass is 16.5. The van der Waals surface area contributed by atoms with Gasteiger partial charge in [0.25, 0.3) is 0 Å². The molecule has 0 saturated carbocycles. The van der Waals surface area contributed by atoms with Crippen LogP contribution >= 0.6 is 0 Å². The van der Waals surface area contributed by atoms with E-state index in [-0.39, 0.29) is 18.2 Å². The fraction of sp³-hybridized carbons (Fsp3) is 0.429. The van der Waals surface area contributed by atoms with Gasteiger partial charge in [0, 0.05) is 18.5 Å². The Morgan fingerprint density at radius 2 is 2.06 bits per heavy atom. The monoisotopic (exact) mass is 247 g/mol. The highest BCUT2D eigenvalue weighted by molar-refractivity contribution is 5.99. The van der Waals surface area contributed by atoms with Gasteiger partial charge in [-0.2, -0.15) is 0 Å². The number of methoxy groups -OCH3 is 1. The Labute approximate surface area is 107 Å². The van der Waals surface area contributed by atoms with Crippen LogP contribution in [0.1, 0.15) is 23.7 Å². The molecule has 1 heterocycles. The minimum Gasteiger partial charge on any atom is -0.497 e. The molecule has 1 aromatic rings. The molecule has 1 atom stereocenters. The second-order valence-electron chi connectivity index (χ2n) is 4.74. The summed E-state index contributed by atoms with van der Waals surface area (Å²) in [6.45, 7) is 2.88. The lowest BCUT2D eigenvalue weighted by Crippen LogP contribution is -2.31. The standard InChI is InChI=1S/C14H17NO3/c1-10-7-14(17)15(8-10)9-13(16)11-3-5-12(18-2)6-4-11/h3-6,10H,7-9H2,1-2H3. The number of amides is 1. The van der Waals surface area contributed by atoms with Crippen LogP contribution in [0.5, 0.6) is 5.75 Å². The van der Waals surface area contributed by atoms with E-state index in [2.05, 4.69) is 0 Å². The quantitative estimate of drug-likeness (QED) is 0.761. The van der Waals surface area contributed by atoms with Crippen LogP contribution in [-0.2, 0) is 4.79 Å². The van der Waals surface area contributed by atoms with Crippen molar-refractivity contribution in [2.45, 2.75) is 13.3 Å². The molecule has 0 N–H and O–H groups in total. The molecule has 1 aliphatic heterocycles. The van der Waals surface area contributed by atoms with Gasteiger partial charge in [-0.3, -0.25) is 9.59 Å². The lowest BCUT2D eigenvalue weighted by molar-refractivity contribution is -0.127. The molecule has 0 bridgehead atoms. The van der Waals surface area contributed by atoms with Crippen LogP contribution < -0.4 is 4.74 Å². The summed E-state index contributed by atoms with van der Waals surface area (Å²) >= 11 is 0. The summed E-state index contributed by atoms with van der Waals surface area (Å²) in [4.78, 5) is 25.3. The molecule has 96 valence electrons. The van der Waals surface area contributed by atoms with E-state index in [1.54, 1.807) is 36.3 Å². The van der Waals surface area contributed by atoms with Crippen molar-refractivity contribution < 1.29 is 14.3 Å². The zero-order valence-electron chi connectivity index (χ0n) is 10.7. The van der Waals surface area contributed by atoms with E-state index >= 15 is 0 Å². The molecular formula is C14H17NO3. The van der Waals surface area contributed by atoms with E-state index < -0.39 is 0 Å². The zero-order valence-corrected chi connectivity index (χ0v) is 10.7. The molecule has 1 unspecified atom stereocenters. The van der Waals surface area contributed by atoms with Crippen molar-refractivity contribution in [2.75, 3.05) is 20.2 Å². The van der Waals surface area contributed by atoms with Gasteiger partial charge in [0.2, 0.25) is 5.91 Å². The van der Waals surface area contributed by atoms with E-state index in [9.17, 15) is 9.59 Å². The topological polar surface area (TPSA) is 46.6 Å². The average molecular weight is 247 g/mol. The van der Waals surface area contributed by atoms with Gasteiger partial charge in [0.15, 0.2) is 5.78 Å². The first-order valence-electron chi connectivity index (χ1n) is 6.05. The van der Waals surface area contributed by atoms with Crippen LogP contribution in [0.2, 0.25) is 0 Å². The molecule has 2 rings (SSSR count). The number of hydrogen-bond acceptors (Lipinski definition) is 3. The second kappa shape index (κ2) is 5.21. The lowest BCUT2D eigenvalue weighted by Gasteiger charge is -2.15. The van der Waals surface area contributed by atoms with Crippen LogP contribution in [0.4, 0.5) is 0 Å². The Morgan fingerprint density at radius 3 is 2.56 bits per heavy atom. The summed E-state index contributed by atoms with van der Waals surface area (Å²) in [5, 5.41) is 0. The van der Waals surface area contributed by atoms with Gasteiger partial charge in [-0.1, -0.05) is 6.92 Å². The van der Waals surface area contributed by atoms with Gasteiger partial charge in [0.05, 0.1) is 13.7 Å². The van der Waals surface area contributed by atoms with E-state index in [1.165, 1.54) is 0 Å². The maximum Gasteiger partial charge on any atom is 0.223 e. The van der Waals surface area contributed by atoms with Gasteiger partial charge in [-0.05, 0) is 30.2 Å². The maximum absolute atomic E-state index is 12.0. The Bertz CT molecular complexity index is 453. The number of nitrogens with zero attached hydrogens (tertiary/aromatic N) is 1. The first-order chi connectivity index (χ1) is 8.60. The van der Waals surface area contributed by atoms with Gasteiger partial charge in [-0.25, -0.2) is 0 Å². The summed E-state index contributed by atoms with van der Waals surface area (Å²) in [5.74, 6) is 1.11. The number of carbonyl (C=O) groups excluding carboxylic acids is 2. The molecule has 1 aromatic carbocycles. The molecule has 4 nitrogen and oxygen atoms in total. The third-order valence-electron chi connectivity index (χ3n) is 3.15. The van der Waals surface area contributed by atoms with Crippen molar-refractivity contribution in [3.8, 4) is 5.75 Å². The van der Waals surface area contributed by atoms with Crippen LogP contribution in [0.3, 0.4) is 0 Å². The summed E-state index contributed by atoms with van der Waals surface area (Å²) < 4.78 is 5.04. The van der Waals surface area contributed by atoms with Crippen molar-refractivity contribution in [3.05, 3.63) is 29.8 Å².